The van der Waals surface area contributed by atoms with E-state index in [1.165, 1.54) is 0 Å². The predicted molar refractivity (Wildman–Crippen MR) is 39.3 cm³/mol. The Morgan fingerprint density at radius 3 is 2.42 bits per heavy atom. The normalized spacial score (nSPS) is 8.58. The zero-order valence-electron chi connectivity index (χ0n) is 7.48. The Kier molecular flexibility index (Phi) is 7.01. The molecule has 0 atom stereocenters. The fourth-order valence-electron chi connectivity index (χ4n) is 0.672. The van der Waals surface area contributed by atoms with Crippen molar-refractivity contribution in [1.29, 1.82) is 0 Å². The van der Waals surface area contributed by atoms with Gasteiger partial charge in [0.1, 0.15) is 0 Å². The van der Waals surface area contributed by atoms with Crippen LogP contribution in [0.3, 0.4) is 0 Å². The van der Waals surface area contributed by atoms with E-state index in [0.29, 0.717) is 11.7 Å². The van der Waals surface area contributed by atoms with E-state index in [9.17, 15) is 4.79 Å². The van der Waals surface area contributed by atoms with E-state index in [4.69, 9.17) is 0 Å². The molecule has 0 fully saturated rings. The first-order valence-corrected chi connectivity index (χ1v) is 3.15. The van der Waals surface area contributed by atoms with Crippen LogP contribution in [0.1, 0.15) is 25.6 Å². The number of imidazole rings is 1. The van der Waals surface area contributed by atoms with Crippen LogP contribution in [0.4, 0.5) is 0 Å². The molecule has 1 N–H and O–H groups in total. The summed E-state index contributed by atoms with van der Waals surface area (Å²) in [6, 6.07) is 0.356. The Hall–Kier alpha value is -0.563. The molecule has 1 rings (SSSR count). The maximum Gasteiger partial charge on any atom is 1.00 e. The number of nitrogens with zero attached hydrogens (tertiary/aromatic N) is 2. The average Bonchev–Trinajstić information content (AvgIpc) is 2.34. The minimum absolute atomic E-state index is 0. The molecule has 62 valence electrons. The SMILES string of the molecule is CC(C)n1cnc([C-]=O)c1.[Li+].[OH-]. The third kappa shape index (κ3) is 3.22. The van der Waals surface area contributed by atoms with Gasteiger partial charge in [-0.3, -0.25) is 4.98 Å². The summed E-state index contributed by atoms with van der Waals surface area (Å²) in [5.41, 5.74) is 0.369. The first-order valence-electron chi connectivity index (χ1n) is 3.15. The van der Waals surface area contributed by atoms with Gasteiger partial charge in [-0.2, -0.15) is 0 Å². The number of hydrogen-bond acceptors (Lipinski definition) is 3. The zero-order chi connectivity index (χ0) is 7.56. The van der Waals surface area contributed by atoms with Crippen molar-refractivity contribution in [3.05, 3.63) is 18.2 Å². The van der Waals surface area contributed by atoms with E-state index < -0.39 is 0 Å². The van der Waals surface area contributed by atoms with Crippen molar-refractivity contribution >= 4 is 6.29 Å². The smallest absolute Gasteiger partial charge is 0.870 e. The summed E-state index contributed by atoms with van der Waals surface area (Å²) in [6.45, 7) is 4.05. The van der Waals surface area contributed by atoms with E-state index >= 15 is 0 Å². The number of aromatic nitrogens is 2. The molecular formula is C7H10LiN2O2-. The molecule has 4 nitrogen and oxygen atoms in total. The van der Waals surface area contributed by atoms with Crippen LogP contribution in [0.5, 0.6) is 0 Å². The molecule has 0 aromatic carbocycles. The van der Waals surface area contributed by atoms with Crippen LogP contribution in [0, 0.1) is 0 Å². The first-order chi connectivity index (χ1) is 4.74. The van der Waals surface area contributed by atoms with Gasteiger partial charge in [0, 0.05) is 12.3 Å². The van der Waals surface area contributed by atoms with Gasteiger partial charge in [0.25, 0.3) is 0 Å². The molecule has 1 aromatic rings. The molecule has 0 bridgehead atoms. The van der Waals surface area contributed by atoms with E-state index in [1.54, 1.807) is 18.8 Å². The van der Waals surface area contributed by atoms with E-state index in [-0.39, 0.29) is 24.3 Å². The van der Waals surface area contributed by atoms with Crippen LogP contribution in [-0.2, 0) is 4.79 Å². The van der Waals surface area contributed by atoms with Crippen molar-refractivity contribution in [2.24, 2.45) is 0 Å². The van der Waals surface area contributed by atoms with Crippen molar-refractivity contribution in [3.63, 3.8) is 0 Å². The number of carbonyl (C=O) groups excluding carboxylic acids is 1. The quantitative estimate of drug-likeness (QED) is 0.363. The van der Waals surface area contributed by atoms with Gasteiger partial charge in [-0.1, -0.05) is 0 Å². The van der Waals surface area contributed by atoms with E-state index in [2.05, 4.69) is 4.98 Å². The summed E-state index contributed by atoms with van der Waals surface area (Å²) in [4.78, 5) is 13.8. The van der Waals surface area contributed by atoms with E-state index in [0.717, 1.165) is 0 Å². The van der Waals surface area contributed by atoms with Gasteiger partial charge in [-0.25, -0.2) is 0 Å². The molecule has 0 saturated heterocycles. The second kappa shape index (κ2) is 6.01. The van der Waals surface area contributed by atoms with E-state index in [1.807, 2.05) is 18.4 Å². The van der Waals surface area contributed by atoms with Gasteiger partial charge in [0.05, 0.1) is 6.33 Å². The Balaban J connectivity index is 0. The minimum Gasteiger partial charge on any atom is -0.870 e. The molecule has 0 amide bonds. The topological polar surface area (TPSA) is 64.9 Å². The van der Waals surface area contributed by atoms with Gasteiger partial charge in [0.2, 0.25) is 0 Å². The molecule has 12 heavy (non-hydrogen) atoms. The molecule has 5 heteroatoms. The summed E-state index contributed by atoms with van der Waals surface area (Å²) < 4.78 is 1.86. The van der Waals surface area contributed by atoms with Crippen LogP contribution in [0.2, 0.25) is 0 Å². The van der Waals surface area contributed by atoms with Crippen molar-refractivity contribution in [2.45, 2.75) is 19.9 Å². The molecule has 0 aliphatic heterocycles. The largest absolute Gasteiger partial charge is 1.00 e. The molecule has 0 radical (unpaired) electrons. The third-order valence-electron chi connectivity index (χ3n) is 1.30. The molecule has 0 unspecified atom stereocenters. The minimum atomic E-state index is 0. The fraction of sp³-hybridized carbons (Fsp3) is 0.429. The Labute approximate surface area is 83.5 Å². The third-order valence-corrected chi connectivity index (χ3v) is 1.30. The van der Waals surface area contributed by atoms with Gasteiger partial charge < -0.3 is 14.8 Å². The molecule has 0 aliphatic carbocycles. The van der Waals surface area contributed by atoms with Crippen LogP contribution in [0.15, 0.2) is 12.5 Å². The zero-order valence-corrected chi connectivity index (χ0v) is 7.48. The van der Waals surface area contributed by atoms with Crippen molar-refractivity contribution < 1.29 is 29.1 Å². The van der Waals surface area contributed by atoms with Gasteiger partial charge in [-0.05, 0) is 19.5 Å². The maximum absolute atomic E-state index is 10.0. The molecule has 1 heterocycles. The van der Waals surface area contributed by atoms with Crippen LogP contribution < -0.4 is 18.9 Å². The standard InChI is InChI=1S/C7H9N2O.Li.H2O/c1-6(2)9-3-7(4-10)8-5-9;;/h3,5-6H,1-2H3;;1H2/q-1;+1;/p-1. The molecular weight excluding hydrogens is 151 g/mol. The number of rotatable bonds is 2. The van der Waals surface area contributed by atoms with Crippen LogP contribution in [0.25, 0.3) is 0 Å². The monoisotopic (exact) mass is 161 g/mol. The number of hydrogen-bond donors (Lipinski definition) is 0. The van der Waals surface area contributed by atoms with Gasteiger partial charge >= 0.3 is 18.9 Å². The fourth-order valence-corrected chi connectivity index (χ4v) is 0.672. The summed E-state index contributed by atoms with van der Waals surface area (Å²) in [5.74, 6) is 0. The van der Waals surface area contributed by atoms with Gasteiger partial charge in [0.15, 0.2) is 0 Å². The van der Waals surface area contributed by atoms with Crippen LogP contribution in [-0.4, -0.2) is 21.3 Å². The Bertz CT molecular complexity index is 235. The summed E-state index contributed by atoms with van der Waals surface area (Å²) in [7, 11) is 0. The Morgan fingerprint density at radius 1 is 1.58 bits per heavy atom. The summed E-state index contributed by atoms with van der Waals surface area (Å²) >= 11 is 0. The Morgan fingerprint density at radius 2 is 2.17 bits per heavy atom. The summed E-state index contributed by atoms with van der Waals surface area (Å²) in [5, 5.41) is 0. The van der Waals surface area contributed by atoms with Crippen molar-refractivity contribution in [1.82, 2.24) is 9.55 Å². The molecule has 0 spiro atoms. The van der Waals surface area contributed by atoms with Crippen molar-refractivity contribution in [3.8, 4) is 0 Å². The second-order valence-corrected chi connectivity index (χ2v) is 2.40. The first kappa shape index (κ1) is 14.0. The predicted octanol–water partition coefficient (Wildman–Crippen LogP) is -2.25. The van der Waals surface area contributed by atoms with Crippen molar-refractivity contribution in [2.75, 3.05) is 0 Å². The second-order valence-electron chi connectivity index (χ2n) is 2.40. The molecule has 1 aromatic heterocycles. The molecule has 0 aliphatic rings. The molecule has 0 saturated carbocycles. The maximum atomic E-state index is 10.0. The van der Waals surface area contributed by atoms with Crippen LogP contribution >= 0.6 is 0 Å². The average molecular weight is 161 g/mol. The summed E-state index contributed by atoms with van der Waals surface area (Å²) in [6.07, 6.45) is 5.03. The van der Waals surface area contributed by atoms with Gasteiger partial charge in [-0.15, -0.1) is 6.20 Å².